The molecule has 2 heterocycles. The first-order chi connectivity index (χ1) is 13.4. The molecule has 0 saturated heterocycles. The minimum Gasteiger partial charge on any atom is -0.465 e. The summed E-state index contributed by atoms with van der Waals surface area (Å²) >= 11 is 1.35. The van der Waals surface area contributed by atoms with Gasteiger partial charge in [0, 0.05) is 4.88 Å². The van der Waals surface area contributed by atoms with Crippen molar-refractivity contribution in [3.05, 3.63) is 51.4 Å². The standard InChI is InChI=1S/C20H18N2O5S/c1-10(22-18(24)11-6-3-4-7-12(11)19(22)25)16(23)21-17-15(20(26)27-2)13-8-5-9-14(13)28-17/h3-4,6-7,10H,5,8-9H2,1-2H3,(H,21,23). The molecule has 1 aliphatic heterocycles. The molecule has 1 aromatic carbocycles. The van der Waals surface area contributed by atoms with E-state index in [1.54, 1.807) is 24.3 Å². The van der Waals surface area contributed by atoms with Crippen LogP contribution in [0, 0.1) is 0 Å². The van der Waals surface area contributed by atoms with Gasteiger partial charge in [0.25, 0.3) is 11.8 Å². The fraction of sp³-hybridized carbons (Fsp3) is 0.300. The van der Waals surface area contributed by atoms with Crippen molar-refractivity contribution in [1.29, 1.82) is 0 Å². The average molecular weight is 398 g/mol. The van der Waals surface area contributed by atoms with Gasteiger partial charge in [-0.2, -0.15) is 0 Å². The maximum absolute atomic E-state index is 12.8. The number of carbonyl (C=O) groups is 4. The largest absolute Gasteiger partial charge is 0.465 e. The zero-order valence-electron chi connectivity index (χ0n) is 15.4. The van der Waals surface area contributed by atoms with Crippen LogP contribution in [0.3, 0.4) is 0 Å². The number of nitrogens with one attached hydrogen (secondary N) is 1. The molecule has 0 fully saturated rings. The molecule has 8 heteroatoms. The second-order valence-electron chi connectivity index (χ2n) is 6.74. The lowest BCUT2D eigenvalue weighted by Crippen LogP contribution is -2.45. The third kappa shape index (κ3) is 2.72. The molecule has 1 atom stereocenters. The molecule has 0 saturated carbocycles. The molecular formula is C20H18N2O5S. The molecule has 0 spiro atoms. The molecule has 28 heavy (non-hydrogen) atoms. The lowest BCUT2D eigenvalue weighted by atomic mass is 10.1. The Morgan fingerprint density at radius 1 is 1.14 bits per heavy atom. The van der Waals surface area contributed by atoms with Gasteiger partial charge in [-0.1, -0.05) is 12.1 Å². The molecule has 0 bridgehead atoms. The zero-order valence-corrected chi connectivity index (χ0v) is 16.2. The summed E-state index contributed by atoms with van der Waals surface area (Å²) in [6.07, 6.45) is 2.58. The normalized spacial score (nSPS) is 16.0. The molecule has 1 unspecified atom stereocenters. The van der Waals surface area contributed by atoms with Crippen LogP contribution in [0.15, 0.2) is 24.3 Å². The fourth-order valence-corrected chi connectivity index (χ4v) is 4.98. The summed E-state index contributed by atoms with van der Waals surface area (Å²) in [7, 11) is 1.30. The van der Waals surface area contributed by atoms with Crippen LogP contribution in [-0.2, 0) is 22.4 Å². The van der Waals surface area contributed by atoms with Gasteiger partial charge in [0.05, 0.1) is 23.8 Å². The van der Waals surface area contributed by atoms with E-state index in [0.29, 0.717) is 10.6 Å². The van der Waals surface area contributed by atoms with Crippen molar-refractivity contribution in [3.8, 4) is 0 Å². The number of hydrogen-bond donors (Lipinski definition) is 1. The van der Waals surface area contributed by atoms with E-state index < -0.39 is 29.7 Å². The molecule has 3 amide bonds. The molecule has 7 nitrogen and oxygen atoms in total. The number of aryl methyl sites for hydroxylation is 1. The number of methoxy groups -OCH3 is 1. The van der Waals surface area contributed by atoms with Gasteiger partial charge in [-0.3, -0.25) is 19.3 Å². The van der Waals surface area contributed by atoms with Crippen LogP contribution in [0.4, 0.5) is 5.00 Å². The van der Waals surface area contributed by atoms with Crippen molar-refractivity contribution >= 4 is 40.0 Å². The van der Waals surface area contributed by atoms with E-state index in [1.165, 1.54) is 25.4 Å². The number of fused-ring (bicyclic) bond motifs is 2. The Morgan fingerprint density at radius 2 is 1.79 bits per heavy atom. The van der Waals surface area contributed by atoms with Crippen LogP contribution in [0.1, 0.15) is 54.9 Å². The molecule has 1 N–H and O–H groups in total. The average Bonchev–Trinajstić information content (AvgIpc) is 3.34. The number of hydrogen-bond acceptors (Lipinski definition) is 6. The van der Waals surface area contributed by atoms with Crippen molar-refractivity contribution in [1.82, 2.24) is 4.90 Å². The summed E-state index contributed by atoms with van der Waals surface area (Å²) in [5.41, 5.74) is 1.87. The Kier molecular flexibility index (Phi) is 4.50. The Morgan fingerprint density at radius 3 is 2.39 bits per heavy atom. The van der Waals surface area contributed by atoms with E-state index in [1.807, 2.05) is 0 Å². The lowest BCUT2D eigenvalue weighted by Gasteiger charge is -2.21. The number of esters is 1. The topological polar surface area (TPSA) is 92.8 Å². The first kappa shape index (κ1) is 18.4. The second kappa shape index (κ2) is 6.87. The van der Waals surface area contributed by atoms with Gasteiger partial charge in [0.1, 0.15) is 11.0 Å². The second-order valence-corrected chi connectivity index (χ2v) is 7.85. The summed E-state index contributed by atoms with van der Waals surface area (Å²) in [6.45, 7) is 1.50. The number of nitrogens with zero attached hydrogens (tertiary/aromatic N) is 1. The zero-order chi connectivity index (χ0) is 20.0. The summed E-state index contributed by atoms with van der Waals surface area (Å²) in [5, 5.41) is 3.14. The quantitative estimate of drug-likeness (QED) is 0.631. The van der Waals surface area contributed by atoms with Crippen LogP contribution in [0.2, 0.25) is 0 Å². The molecule has 2 aliphatic rings. The van der Waals surface area contributed by atoms with Crippen molar-refractivity contribution in [2.75, 3.05) is 12.4 Å². The highest BCUT2D eigenvalue weighted by Crippen LogP contribution is 2.39. The predicted molar refractivity (Wildman–Crippen MR) is 103 cm³/mol. The van der Waals surface area contributed by atoms with Gasteiger partial charge in [0.2, 0.25) is 5.91 Å². The van der Waals surface area contributed by atoms with Gasteiger partial charge < -0.3 is 10.1 Å². The minimum atomic E-state index is -1.02. The molecule has 2 aromatic rings. The lowest BCUT2D eigenvalue weighted by molar-refractivity contribution is -0.119. The third-order valence-electron chi connectivity index (χ3n) is 5.14. The molecule has 1 aromatic heterocycles. The smallest absolute Gasteiger partial charge is 0.341 e. The summed E-state index contributed by atoms with van der Waals surface area (Å²) in [5.74, 6) is -2.02. The summed E-state index contributed by atoms with van der Waals surface area (Å²) < 4.78 is 4.88. The Labute approximate surface area is 165 Å². The van der Waals surface area contributed by atoms with Crippen LogP contribution in [0.25, 0.3) is 0 Å². The SMILES string of the molecule is COC(=O)c1c(NC(=O)C(C)N2C(=O)c3ccccc3C2=O)sc2c1CCC2. The number of ether oxygens (including phenoxy) is 1. The third-order valence-corrected chi connectivity index (χ3v) is 6.35. The van der Waals surface area contributed by atoms with Crippen molar-refractivity contribution in [2.45, 2.75) is 32.2 Å². The summed E-state index contributed by atoms with van der Waals surface area (Å²) in [4.78, 5) is 52.3. The van der Waals surface area contributed by atoms with Gasteiger partial charge in [-0.25, -0.2) is 4.79 Å². The maximum atomic E-state index is 12.8. The Hall–Kier alpha value is -3.00. The van der Waals surface area contributed by atoms with E-state index in [-0.39, 0.29) is 11.1 Å². The number of carbonyl (C=O) groups excluding carboxylic acids is 4. The van der Waals surface area contributed by atoms with Crippen LogP contribution >= 0.6 is 11.3 Å². The Balaban J connectivity index is 1.59. The van der Waals surface area contributed by atoms with Crippen molar-refractivity contribution in [2.24, 2.45) is 0 Å². The highest BCUT2D eigenvalue weighted by atomic mass is 32.1. The fourth-order valence-electron chi connectivity index (χ4n) is 3.70. The van der Waals surface area contributed by atoms with Gasteiger partial charge in [0.15, 0.2) is 0 Å². The van der Waals surface area contributed by atoms with Crippen molar-refractivity contribution in [3.63, 3.8) is 0 Å². The van der Waals surface area contributed by atoms with E-state index in [4.69, 9.17) is 4.74 Å². The van der Waals surface area contributed by atoms with Crippen LogP contribution in [-0.4, -0.2) is 41.7 Å². The van der Waals surface area contributed by atoms with E-state index in [2.05, 4.69) is 5.32 Å². The molecule has 1 aliphatic carbocycles. The van der Waals surface area contributed by atoms with E-state index in [0.717, 1.165) is 34.6 Å². The number of amides is 3. The van der Waals surface area contributed by atoms with Crippen molar-refractivity contribution < 1.29 is 23.9 Å². The minimum absolute atomic E-state index is 0.289. The molecule has 0 radical (unpaired) electrons. The first-order valence-electron chi connectivity index (χ1n) is 8.94. The van der Waals surface area contributed by atoms with Gasteiger partial charge in [-0.05, 0) is 43.9 Å². The highest BCUT2D eigenvalue weighted by molar-refractivity contribution is 7.17. The predicted octanol–water partition coefficient (Wildman–Crippen LogP) is 2.65. The monoisotopic (exact) mass is 398 g/mol. The van der Waals surface area contributed by atoms with Gasteiger partial charge in [-0.15, -0.1) is 11.3 Å². The number of imide groups is 1. The highest BCUT2D eigenvalue weighted by Gasteiger charge is 2.41. The maximum Gasteiger partial charge on any atom is 0.341 e. The molecule has 4 rings (SSSR count). The van der Waals surface area contributed by atoms with Crippen LogP contribution < -0.4 is 5.32 Å². The number of anilines is 1. The van der Waals surface area contributed by atoms with Crippen LogP contribution in [0.5, 0.6) is 0 Å². The summed E-state index contributed by atoms with van der Waals surface area (Å²) in [6, 6.07) is 5.47. The van der Waals surface area contributed by atoms with Gasteiger partial charge >= 0.3 is 5.97 Å². The van der Waals surface area contributed by atoms with E-state index >= 15 is 0 Å². The Bertz CT molecular complexity index is 991. The number of benzene rings is 1. The number of thiophene rings is 1. The van der Waals surface area contributed by atoms with E-state index in [9.17, 15) is 19.2 Å². The number of rotatable bonds is 4. The first-order valence-corrected chi connectivity index (χ1v) is 9.76. The molecule has 144 valence electrons. The molecular weight excluding hydrogens is 380 g/mol.